The topological polar surface area (TPSA) is 23.5 Å². The number of benzene rings is 1. The van der Waals surface area contributed by atoms with Gasteiger partial charge in [-0.1, -0.05) is 19.9 Å². The molecular weight excluding hydrogens is 210 g/mol. The minimum atomic E-state index is 0.240. The second-order valence-corrected chi connectivity index (χ2v) is 6.05. The van der Waals surface area contributed by atoms with Crippen molar-refractivity contribution in [2.24, 2.45) is 5.92 Å². The van der Waals surface area contributed by atoms with Crippen molar-refractivity contribution in [3.05, 3.63) is 29.3 Å². The van der Waals surface area contributed by atoms with Crippen LogP contribution >= 0.6 is 0 Å². The van der Waals surface area contributed by atoms with Gasteiger partial charge in [0.25, 0.3) is 0 Å². The molecule has 1 saturated heterocycles. The van der Waals surface area contributed by atoms with Crippen molar-refractivity contribution in [2.75, 3.05) is 13.6 Å². The Bertz CT molecular complexity index is 456. The molecule has 3 atom stereocenters. The Morgan fingerprint density at radius 2 is 2.18 bits per heavy atom. The van der Waals surface area contributed by atoms with E-state index >= 15 is 0 Å². The number of fused-ring (bicyclic) bond motifs is 4. The maximum Gasteiger partial charge on any atom is 0.115 e. The van der Waals surface area contributed by atoms with Crippen LogP contribution in [-0.4, -0.2) is 29.6 Å². The van der Waals surface area contributed by atoms with Crippen molar-refractivity contribution in [3.63, 3.8) is 0 Å². The third-order valence-corrected chi connectivity index (χ3v) is 5.27. The molecule has 1 fully saturated rings. The molecule has 0 radical (unpaired) electrons. The van der Waals surface area contributed by atoms with E-state index in [1.54, 1.807) is 0 Å². The zero-order chi connectivity index (χ0) is 12.2. The molecule has 2 nitrogen and oxygen atoms in total. The number of hydrogen-bond donors (Lipinski definition) is 1. The van der Waals surface area contributed by atoms with Gasteiger partial charge in [-0.05, 0) is 61.0 Å². The zero-order valence-electron chi connectivity index (χ0n) is 10.9. The highest BCUT2D eigenvalue weighted by Crippen LogP contribution is 2.48. The molecule has 1 N–H and O–H groups in total. The van der Waals surface area contributed by atoms with Gasteiger partial charge in [-0.15, -0.1) is 0 Å². The third-order valence-electron chi connectivity index (χ3n) is 5.27. The van der Waals surface area contributed by atoms with Crippen LogP contribution in [0.2, 0.25) is 0 Å². The van der Waals surface area contributed by atoms with Crippen molar-refractivity contribution in [1.82, 2.24) is 4.90 Å². The summed E-state index contributed by atoms with van der Waals surface area (Å²) in [5, 5.41) is 9.73. The number of nitrogens with zero attached hydrogens (tertiary/aromatic N) is 1. The Morgan fingerprint density at radius 3 is 2.94 bits per heavy atom. The second kappa shape index (κ2) is 3.49. The minimum Gasteiger partial charge on any atom is -0.508 e. The standard InChI is InChI=1S/C15H21NO/c1-10-14-8-11-4-5-12(17)9-13(11)15(10,2)6-7-16(14)3/h4-5,9-10,14,17H,6-8H2,1-3H3/t10-,14-,15-/m0/s1. The van der Waals surface area contributed by atoms with Gasteiger partial charge in [-0.25, -0.2) is 0 Å². The molecule has 1 aromatic rings. The van der Waals surface area contributed by atoms with E-state index in [4.69, 9.17) is 0 Å². The number of likely N-dealkylation sites (tertiary alicyclic amines) is 1. The molecule has 2 bridgehead atoms. The molecule has 0 aromatic heterocycles. The third kappa shape index (κ3) is 1.43. The highest BCUT2D eigenvalue weighted by molar-refractivity contribution is 5.44. The Kier molecular flexibility index (Phi) is 2.27. The number of piperidine rings is 1. The molecule has 0 amide bonds. The first-order valence-corrected chi connectivity index (χ1v) is 6.55. The van der Waals surface area contributed by atoms with Crippen LogP contribution in [0, 0.1) is 5.92 Å². The summed E-state index contributed by atoms with van der Waals surface area (Å²) in [7, 11) is 2.24. The van der Waals surface area contributed by atoms with Crippen molar-refractivity contribution >= 4 is 0 Å². The molecule has 92 valence electrons. The van der Waals surface area contributed by atoms with Gasteiger partial charge in [0.15, 0.2) is 0 Å². The molecule has 1 aliphatic heterocycles. The van der Waals surface area contributed by atoms with Gasteiger partial charge in [0.2, 0.25) is 0 Å². The highest BCUT2D eigenvalue weighted by atomic mass is 16.3. The lowest BCUT2D eigenvalue weighted by molar-refractivity contribution is 0.0506. The fraction of sp³-hybridized carbons (Fsp3) is 0.600. The first kappa shape index (κ1) is 11.1. The molecule has 1 aromatic carbocycles. The van der Waals surface area contributed by atoms with Crippen molar-refractivity contribution < 1.29 is 5.11 Å². The molecule has 2 aliphatic rings. The fourth-order valence-electron chi connectivity index (χ4n) is 3.82. The van der Waals surface area contributed by atoms with Gasteiger partial charge >= 0.3 is 0 Å². The first-order valence-electron chi connectivity index (χ1n) is 6.55. The summed E-state index contributed by atoms with van der Waals surface area (Å²) in [5.41, 5.74) is 3.05. The van der Waals surface area contributed by atoms with Gasteiger partial charge < -0.3 is 10.0 Å². The average molecular weight is 231 g/mol. The molecule has 0 spiro atoms. The van der Waals surface area contributed by atoms with Crippen molar-refractivity contribution in [1.29, 1.82) is 0 Å². The molecular formula is C15H21NO. The largest absolute Gasteiger partial charge is 0.508 e. The van der Waals surface area contributed by atoms with E-state index < -0.39 is 0 Å². The van der Waals surface area contributed by atoms with E-state index in [-0.39, 0.29) is 5.41 Å². The molecule has 17 heavy (non-hydrogen) atoms. The SMILES string of the molecule is C[C@H]1[C@@H]2Cc3ccc(O)cc3[C@@]1(C)CCN2C. The molecule has 3 rings (SSSR count). The lowest BCUT2D eigenvalue weighted by Crippen LogP contribution is -2.56. The summed E-state index contributed by atoms with van der Waals surface area (Å²) >= 11 is 0. The Labute approximate surface area is 103 Å². The number of likely N-dealkylation sites (N-methyl/N-ethyl adjacent to an activating group) is 1. The monoisotopic (exact) mass is 231 g/mol. The van der Waals surface area contributed by atoms with Gasteiger partial charge in [-0.2, -0.15) is 0 Å². The van der Waals surface area contributed by atoms with E-state index in [1.807, 2.05) is 12.1 Å². The smallest absolute Gasteiger partial charge is 0.115 e. The second-order valence-electron chi connectivity index (χ2n) is 6.05. The van der Waals surface area contributed by atoms with Crippen LogP contribution in [0.25, 0.3) is 0 Å². The lowest BCUT2D eigenvalue weighted by atomic mass is 9.59. The quantitative estimate of drug-likeness (QED) is 0.741. The Hall–Kier alpha value is -1.02. The van der Waals surface area contributed by atoms with E-state index in [9.17, 15) is 5.11 Å². The molecule has 0 saturated carbocycles. The van der Waals surface area contributed by atoms with Crippen LogP contribution in [0.15, 0.2) is 18.2 Å². The maximum atomic E-state index is 9.73. The van der Waals surface area contributed by atoms with Crippen molar-refractivity contribution in [2.45, 2.75) is 38.1 Å². The average Bonchev–Trinajstić information content (AvgIpc) is 2.30. The Balaban J connectivity index is 2.16. The predicted octanol–water partition coefficient (Wildman–Crippen LogP) is 2.55. The molecule has 1 heterocycles. The molecule has 0 unspecified atom stereocenters. The van der Waals surface area contributed by atoms with Gasteiger partial charge in [0, 0.05) is 6.04 Å². The summed E-state index contributed by atoms with van der Waals surface area (Å²) in [4.78, 5) is 2.50. The van der Waals surface area contributed by atoms with E-state index in [0.29, 0.717) is 17.7 Å². The van der Waals surface area contributed by atoms with E-state index in [1.165, 1.54) is 24.1 Å². The molecule has 1 aliphatic carbocycles. The number of hydrogen-bond acceptors (Lipinski definition) is 2. The number of rotatable bonds is 0. The van der Waals surface area contributed by atoms with Crippen LogP contribution in [-0.2, 0) is 11.8 Å². The predicted molar refractivity (Wildman–Crippen MR) is 69.4 cm³/mol. The van der Waals surface area contributed by atoms with Gasteiger partial charge in [0.05, 0.1) is 0 Å². The van der Waals surface area contributed by atoms with E-state index in [2.05, 4.69) is 31.9 Å². The number of phenolic OH excluding ortho intramolecular Hbond substituents is 1. The van der Waals surface area contributed by atoms with Crippen LogP contribution in [0.5, 0.6) is 5.75 Å². The van der Waals surface area contributed by atoms with Crippen LogP contribution in [0.1, 0.15) is 31.4 Å². The first-order chi connectivity index (χ1) is 8.02. The summed E-state index contributed by atoms with van der Waals surface area (Å²) < 4.78 is 0. The summed E-state index contributed by atoms with van der Waals surface area (Å²) in [5.74, 6) is 1.07. The summed E-state index contributed by atoms with van der Waals surface area (Å²) in [6, 6.07) is 6.59. The number of phenols is 1. The van der Waals surface area contributed by atoms with Gasteiger partial charge in [-0.3, -0.25) is 0 Å². The van der Waals surface area contributed by atoms with Gasteiger partial charge in [0.1, 0.15) is 5.75 Å². The van der Waals surface area contributed by atoms with Crippen LogP contribution < -0.4 is 0 Å². The fourth-order valence-corrected chi connectivity index (χ4v) is 3.82. The van der Waals surface area contributed by atoms with E-state index in [0.717, 1.165) is 6.42 Å². The number of aromatic hydroxyl groups is 1. The van der Waals surface area contributed by atoms with Crippen molar-refractivity contribution in [3.8, 4) is 5.75 Å². The zero-order valence-corrected chi connectivity index (χ0v) is 10.9. The normalized spacial score (nSPS) is 36.6. The van der Waals surface area contributed by atoms with Crippen LogP contribution in [0.4, 0.5) is 0 Å². The highest BCUT2D eigenvalue weighted by Gasteiger charge is 2.47. The summed E-state index contributed by atoms with van der Waals surface area (Å²) in [6.07, 6.45) is 2.32. The lowest BCUT2D eigenvalue weighted by Gasteiger charge is -2.53. The summed E-state index contributed by atoms with van der Waals surface area (Å²) in [6.45, 7) is 5.91. The van der Waals surface area contributed by atoms with Crippen LogP contribution in [0.3, 0.4) is 0 Å². The maximum absolute atomic E-state index is 9.73. The molecule has 2 heteroatoms. The Morgan fingerprint density at radius 1 is 1.41 bits per heavy atom. The minimum absolute atomic E-state index is 0.240.